The fourth-order valence-electron chi connectivity index (χ4n) is 3.23. The molecule has 0 saturated carbocycles. The molecule has 0 atom stereocenters. The zero-order valence-electron chi connectivity index (χ0n) is 17.3. The van der Waals surface area contributed by atoms with Crippen LogP contribution in [0.1, 0.15) is 23.2 Å². The van der Waals surface area contributed by atoms with Gasteiger partial charge in [0, 0.05) is 24.6 Å². The Labute approximate surface area is 179 Å². The van der Waals surface area contributed by atoms with E-state index in [9.17, 15) is 13.0 Å². The van der Waals surface area contributed by atoms with E-state index < -0.39 is 16.5 Å². The first-order chi connectivity index (χ1) is 14.7. The summed E-state index contributed by atoms with van der Waals surface area (Å²) in [5, 5.41) is 4.00. The van der Waals surface area contributed by atoms with Crippen molar-refractivity contribution in [3.63, 3.8) is 0 Å². The second-order valence-corrected chi connectivity index (χ2v) is 10.7. The Morgan fingerprint density at radius 2 is 1.84 bits per heavy atom. The Bertz CT molecular complexity index is 1300. The molecular weight excluding hydrogens is 422 g/mol. The van der Waals surface area contributed by atoms with Crippen molar-refractivity contribution in [3.8, 4) is 22.6 Å². The number of thiol groups is 1. The number of alkyl halides is 2. The molecule has 0 bridgehead atoms. The van der Waals surface area contributed by atoms with Crippen LogP contribution in [0.4, 0.5) is 8.78 Å². The van der Waals surface area contributed by atoms with Crippen LogP contribution in [-0.4, -0.2) is 41.3 Å². The molecule has 10 heteroatoms. The highest BCUT2D eigenvalue weighted by atomic mass is 32.3. The molecule has 0 fully saturated rings. The number of hydrogen-bond acceptors (Lipinski definition) is 5. The molecule has 0 unspecified atom stereocenters. The van der Waals surface area contributed by atoms with Gasteiger partial charge in [0.2, 0.25) is 0 Å². The minimum Gasteiger partial charge on any atom is -0.272 e. The van der Waals surface area contributed by atoms with Crippen LogP contribution in [0, 0.1) is 6.92 Å². The maximum absolute atomic E-state index is 13.1. The summed E-state index contributed by atoms with van der Waals surface area (Å²) in [5.74, 6) is 0. The van der Waals surface area contributed by atoms with Gasteiger partial charge in [-0.1, -0.05) is 21.7 Å². The summed E-state index contributed by atoms with van der Waals surface area (Å²) >= 11 is 0. The van der Waals surface area contributed by atoms with Crippen LogP contribution < -0.4 is 4.72 Å². The van der Waals surface area contributed by atoms with Crippen LogP contribution >= 0.6 is 0 Å². The molecule has 0 aliphatic rings. The maximum atomic E-state index is 13.1. The molecule has 0 saturated heterocycles. The standard InChI is InChI=1S/C21H22F2N6OS/c1-13-6-14(10-27-31(2,3)30)8-15(7-13)17-9-18(26-12-25-17)19-11-24-20-5-4-16(21(22)23)28-29(19)20/h4-9,11-12,21,31H,10H2,1-3H3,(H,27,30). The van der Waals surface area contributed by atoms with Crippen molar-refractivity contribution in [2.75, 3.05) is 12.5 Å². The Balaban J connectivity index is 1.73. The number of hydrogen-bond donors (Lipinski definition) is 2. The molecule has 0 amide bonds. The van der Waals surface area contributed by atoms with Gasteiger partial charge in [-0.05, 0) is 42.8 Å². The fraction of sp³-hybridized carbons (Fsp3) is 0.238. The molecular formula is C21H22F2N6OS. The quantitative estimate of drug-likeness (QED) is 0.446. The molecule has 0 aliphatic heterocycles. The van der Waals surface area contributed by atoms with E-state index in [-0.39, 0.29) is 5.69 Å². The van der Waals surface area contributed by atoms with Crippen molar-refractivity contribution in [2.45, 2.75) is 19.9 Å². The molecule has 4 rings (SSSR count). The topological polar surface area (TPSA) is 85.1 Å². The lowest BCUT2D eigenvalue weighted by Gasteiger charge is -2.15. The zero-order chi connectivity index (χ0) is 22.2. The van der Waals surface area contributed by atoms with Gasteiger partial charge in [0.25, 0.3) is 6.43 Å². The average molecular weight is 445 g/mol. The maximum Gasteiger partial charge on any atom is 0.282 e. The number of nitrogens with zero attached hydrogens (tertiary/aromatic N) is 5. The normalized spacial score (nSPS) is 12.6. The molecule has 3 heterocycles. The molecule has 162 valence electrons. The van der Waals surface area contributed by atoms with E-state index in [0.717, 1.165) is 16.7 Å². The third kappa shape index (κ3) is 4.80. The molecule has 7 nitrogen and oxygen atoms in total. The van der Waals surface area contributed by atoms with Crippen molar-refractivity contribution in [1.82, 2.24) is 29.3 Å². The molecule has 0 spiro atoms. The largest absolute Gasteiger partial charge is 0.282 e. The molecule has 1 N–H and O–H groups in total. The van der Waals surface area contributed by atoms with Gasteiger partial charge in [-0.15, -0.1) is 0 Å². The highest BCUT2D eigenvalue weighted by molar-refractivity contribution is 7.99. The molecule has 3 aromatic heterocycles. The van der Waals surface area contributed by atoms with E-state index in [1.807, 2.05) is 25.1 Å². The van der Waals surface area contributed by atoms with E-state index in [1.54, 1.807) is 24.8 Å². The number of fused-ring (bicyclic) bond motifs is 1. The minimum atomic E-state index is -2.68. The summed E-state index contributed by atoms with van der Waals surface area (Å²) in [5.41, 5.74) is 4.70. The number of rotatable bonds is 6. The Kier molecular flexibility index (Phi) is 5.59. The molecule has 1 aromatic carbocycles. The number of imidazole rings is 1. The van der Waals surface area contributed by atoms with Gasteiger partial charge in [0.05, 0.1) is 17.6 Å². The first-order valence-electron chi connectivity index (χ1n) is 9.56. The fourth-order valence-corrected chi connectivity index (χ4v) is 3.79. The van der Waals surface area contributed by atoms with Crippen LogP contribution in [-0.2, 0) is 16.7 Å². The van der Waals surface area contributed by atoms with E-state index in [2.05, 4.69) is 24.8 Å². The second-order valence-electron chi connectivity index (χ2n) is 7.65. The lowest BCUT2D eigenvalue weighted by Crippen LogP contribution is -2.27. The summed E-state index contributed by atoms with van der Waals surface area (Å²) in [4.78, 5) is 12.9. The van der Waals surface area contributed by atoms with Crippen molar-refractivity contribution in [3.05, 3.63) is 65.7 Å². The summed E-state index contributed by atoms with van der Waals surface area (Å²) in [6.45, 7) is 2.46. The van der Waals surface area contributed by atoms with E-state index >= 15 is 0 Å². The third-order valence-electron chi connectivity index (χ3n) is 4.63. The molecule has 0 radical (unpaired) electrons. The van der Waals surface area contributed by atoms with Crippen molar-refractivity contribution in [1.29, 1.82) is 0 Å². The van der Waals surface area contributed by atoms with Gasteiger partial charge >= 0.3 is 0 Å². The van der Waals surface area contributed by atoms with Crippen LogP contribution in [0.2, 0.25) is 0 Å². The Morgan fingerprint density at radius 1 is 1.06 bits per heavy atom. The van der Waals surface area contributed by atoms with E-state index in [1.165, 1.54) is 23.0 Å². The lowest BCUT2D eigenvalue weighted by molar-refractivity contribution is 0.144. The predicted molar refractivity (Wildman–Crippen MR) is 117 cm³/mol. The van der Waals surface area contributed by atoms with Crippen LogP contribution in [0.3, 0.4) is 0 Å². The van der Waals surface area contributed by atoms with Gasteiger partial charge in [0.15, 0.2) is 5.65 Å². The average Bonchev–Trinajstić information content (AvgIpc) is 3.15. The van der Waals surface area contributed by atoms with Crippen LogP contribution in [0.5, 0.6) is 0 Å². The summed E-state index contributed by atoms with van der Waals surface area (Å²) < 4.78 is 42.6. The first kappa shape index (κ1) is 21.1. The Hall–Kier alpha value is -3.11. The molecule has 4 aromatic rings. The summed E-state index contributed by atoms with van der Waals surface area (Å²) in [6.07, 6.45) is 3.66. The predicted octanol–water partition coefficient (Wildman–Crippen LogP) is 3.38. The van der Waals surface area contributed by atoms with Gasteiger partial charge < -0.3 is 0 Å². The van der Waals surface area contributed by atoms with Crippen molar-refractivity contribution >= 4 is 15.8 Å². The number of benzene rings is 1. The van der Waals surface area contributed by atoms with E-state index in [4.69, 9.17) is 0 Å². The van der Waals surface area contributed by atoms with Crippen molar-refractivity contribution < 1.29 is 13.0 Å². The van der Waals surface area contributed by atoms with Gasteiger partial charge in [-0.2, -0.15) is 5.10 Å². The number of nitrogens with one attached hydrogen (secondary N) is 1. The van der Waals surface area contributed by atoms with Gasteiger partial charge in [-0.3, -0.25) is 8.93 Å². The lowest BCUT2D eigenvalue weighted by atomic mass is 10.0. The van der Waals surface area contributed by atoms with Crippen LogP contribution in [0.15, 0.2) is 48.9 Å². The van der Waals surface area contributed by atoms with Gasteiger partial charge in [-0.25, -0.2) is 28.2 Å². The number of halogens is 2. The first-order valence-corrected chi connectivity index (χ1v) is 12.2. The number of aryl methyl sites for hydroxylation is 1. The zero-order valence-corrected chi connectivity index (χ0v) is 18.1. The molecule has 0 aliphatic carbocycles. The minimum absolute atomic E-state index is 0.332. The highest BCUT2D eigenvalue weighted by Gasteiger charge is 2.15. The number of aromatic nitrogens is 5. The Morgan fingerprint density at radius 3 is 2.58 bits per heavy atom. The summed E-state index contributed by atoms with van der Waals surface area (Å²) in [7, 11) is -2.35. The van der Waals surface area contributed by atoms with Crippen molar-refractivity contribution in [2.24, 2.45) is 0 Å². The monoisotopic (exact) mass is 444 g/mol. The summed E-state index contributed by atoms with van der Waals surface area (Å²) in [6, 6.07) is 10.5. The smallest absolute Gasteiger partial charge is 0.272 e. The second kappa shape index (κ2) is 8.20. The highest BCUT2D eigenvalue weighted by Crippen LogP contribution is 2.26. The SMILES string of the molecule is Cc1cc(CN[SH](C)(C)=O)cc(-c2cc(-c3cnc4ccc(C(F)F)nn34)ncn2)c1. The van der Waals surface area contributed by atoms with Gasteiger partial charge in [0.1, 0.15) is 17.7 Å². The van der Waals surface area contributed by atoms with E-state index in [0.29, 0.717) is 29.3 Å². The molecule has 31 heavy (non-hydrogen) atoms. The van der Waals surface area contributed by atoms with Crippen LogP contribution in [0.25, 0.3) is 28.3 Å². The third-order valence-corrected chi connectivity index (χ3v) is 5.55.